The minimum absolute atomic E-state index is 0.0387. The van der Waals surface area contributed by atoms with Gasteiger partial charge in [0.25, 0.3) is 0 Å². The van der Waals surface area contributed by atoms with Crippen LogP contribution in [0, 0.1) is 5.82 Å². The van der Waals surface area contributed by atoms with Gasteiger partial charge in [-0.2, -0.15) is 0 Å². The Morgan fingerprint density at radius 2 is 1.79 bits per heavy atom. The molecule has 0 spiro atoms. The van der Waals surface area contributed by atoms with Crippen LogP contribution in [0.25, 0.3) is 0 Å². The maximum atomic E-state index is 13.4. The van der Waals surface area contributed by atoms with Crippen LogP contribution in [0.3, 0.4) is 0 Å². The number of carbonyl (C=O) groups is 2. The number of carbonyl (C=O) groups excluding carboxylic acids is 2. The maximum Gasteiger partial charge on any atom is 0.219 e. The van der Waals surface area contributed by atoms with Gasteiger partial charge in [0.05, 0.1) is 6.54 Å². The van der Waals surface area contributed by atoms with Gasteiger partial charge in [-0.05, 0) is 25.0 Å². The standard InChI is InChI=1S/C21H30FN3O4/c1-16(26)23-8-6-19(7-9-23)25-11-10-24(17(2)27)13-21(28,14-25)15-29-20-5-3-4-18(22)12-20/h3-5,12,19,28H,6-11,13-15H2,1-2H3. The van der Waals surface area contributed by atoms with Gasteiger partial charge in [-0.3, -0.25) is 14.5 Å². The third-order valence-electron chi connectivity index (χ3n) is 5.81. The van der Waals surface area contributed by atoms with E-state index in [4.69, 9.17) is 4.74 Å². The van der Waals surface area contributed by atoms with Crippen LogP contribution in [0.2, 0.25) is 0 Å². The van der Waals surface area contributed by atoms with Crippen LogP contribution in [0.1, 0.15) is 26.7 Å². The fraction of sp³-hybridized carbons (Fsp3) is 0.619. The predicted octanol–water partition coefficient (Wildman–Crippen LogP) is 1.11. The van der Waals surface area contributed by atoms with Crippen molar-refractivity contribution in [1.29, 1.82) is 0 Å². The third-order valence-corrected chi connectivity index (χ3v) is 5.81. The van der Waals surface area contributed by atoms with E-state index in [0.29, 0.717) is 38.5 Å². The lowest BCUT2D eigenvalue weighted by Crippen LogP contribution is -2.54. The Morgan fingerprint density at radius 1 is 1.10 bits per heavy atom. The van der Waals surface area contributed by atoms with Gasteiger partial charge in [-0.1, -0.05) is 6.07 Å². The monoisotopic (exact) mass is 407 g/mol. The number of benzene rings is 1. The van der Waals surface area contributed by atoms with Crippen LogP contribution in [0.4, 0.5) is 4.39 Å². The Morgan fingerprint density at radius 3 is 2.41 bits per heavy atom. The van der Waals surface area contributed by atoms with Crippen molar-refractivity contribution in [2.24, 2.45) is 0 Å². The van der Waals surface area contributed by atoms with Gasteiger partial charge in [0, 0.05) is 58.7 Å². The number of hydrogen-bond donors (Lipinski definition) is 1. The first kappa shape index (κ1) is 21.5. The van der Waals surface area contributed by atoms with E-state index in [1.54, 1.807) is 24.0 Å². The summed E-state index contributed by atoms with van der Waals surface area (Å²) in [6.45, 7) is 6.15. The molecule has 2 heterocycles. The number of ether oxygens (including phenoxy) is 1. The molecule has 0 bridgehead atoms. The molecule has 1 N–H and O–H groups in total. The second-order valence-electron chi connectivity index (χ2n) is 8.12. The van der Waals surface area contributed by atoms with E-state index < -0.39 is 11.4 Å². The highest BCUT2D eigenvalue weighted by Gasteiger charge is 2.39. The van der Waals surface area contributed by atoms with Gasteiger partial charge in [-0.25, -0.2) is 4.39 Å². The molecule has 0 radical (unpaired) electrons. The van der Waals surface area contributed by atoms with E-state index in [1.807, 2.05) is 4.90 Å². The van der Waals surface area contributed by atoms with Crippen molar-refractivity contribution in [3.63, 3.8) is 0 Å². The van der Waals surface area contributed by atoms with Crippen LogP contribution in [-0.2, 0) is 9.59 Å². The molecule has 2 amide bonds. The fourth-order valence-corrected chi connectivity index (χ4v) is 4.18. The summed E-state index contributed by atoms with van der Waals surface area (Å²) < 4.78 is 19.1. The summed E-state index contributed by atoms with van der Waals surface area (Å²) in [5, 5.41) is 11.3. The third kappa shape index (κ3) is 5.67. The quantitative estimate of drug-likeness (QED) is 0.810. The minimum Gasteiger partial charge on any atom is -0.490 e. The van der Waals surface area contributed by atoms with Crippen molar-refractivity contribution < 1.29 is 23.8 Å². The Kier molecular flexibility index (Phi) is 6.74. The molecule has 1 aromatic rings. The lowest BCUT2D eigenvalue weighted by molar-refractivity contribution is -0.132. The van der Waals surface area contributed by atoms with Crippen molar-refractivity contribution in [1.82, 2.24) is 14.7 Å². The molecule has 0 aliphatic carbocycles. The second kappa shape index (κ2) is 9.09. The van der Waals surface area contributed by atoms with E-state index in [1.165, 1.54) is 19.1 Å². The zero-order valence-electron chi connectivity index (χ0n) is 17.1. The molecule has 2 aliphatic rings. The Hall–Kier alpha value is -2.19. The molecule has 7 nitrogen and oxygen atoms in total. The molecule has 1 aromatic carbocycles. The van der Waals surface area contributed by atoms with Crippen LogP contribution >= 0.6 is 0 Å². The van der Waals surface area contributed by atoms with Crippen molar-refractivity contribution in [3.05, 3.63) is 30.1 Å². The molecule has 160 valence electrons. The smallest absolute Gasteiger partial charge is 0.219 e. The van der Waals surface area contributed by atoms with Crippen LogP contribution < -0.4 is 4.74 Å². The number of β-amino-alcohol motifs (C(OH)–C–C–N with tert-alkyl or cyclic N) is 1. The maximum absolute atomic E-state index is 13.4. The zero-order chi connectivity index (χ0) is 21.0. The summed E-state index contributed by atoms with van der Waals surface area (Å²) >= 11 is 0. The topological polar surface area (TPSA) is 73.3 Å². The molecule has 2 fully saturated rings. The number of amides is 2. The lowest BCUT2D eigenvalue weighted by atomic mass is 9.99. The van der Waals surface area contributed by atoms with Gasteiger partial charge in [0.2, 0.25) is 11.8 Å². The van der Waals surface area contributed by atoms with E-state index in [9.17, 15) is 19.1 Å². The van der Waals surface area contributed by atoms with Gasteiger partial charge in [0.15, 0.2) is 0 Å². The Labute approximate surface area is 171 Å². The summed E-state index contributed by atoms with van der Waals surface area (Å²) in [4.78, 5) is 29.3. The minimum atomic E-state index is -1.27. The molecule has 3 rings (SSSR count). The van der Waals surface area contributed by atoms with Gasteiger partial charge in [-0.15, -0.1) is 0 Å². The van der Waals surface area contributed by atoms with Crippen molar-refractivity contribution in [2.45, 2.75) is 38.3 Å². The average molecular weight is 407 g/mol. The summed E-state index contributed by atoms with van der Waals surface area (Å²) in [5.41, 5.74) is -1.27. The molecule has 8 heteroatoms. The molecule has 0 saturated carbocycles. The first-order valence-electron chi connectivity index (χ1n) is 10.1. The van der Waals surface area contributed by atoms with Gasteiger partial charge in [0.1, 0.15) is 23.8 Å². The Bertz CT molecular complexity index is 738. The fourth-order valence-electron chi connectivity index (χ4n) is 4.18. The van der Waals surface area contributed by atoms with Crippen LogP contribution in [0.5, 0.6) is 5.75 Å². The first-order chi connectivity index (χ1) is 13.8. The molecule has 1 unspecified atom stereocenters. The molecule has 2 aliphatic heterocycles. The largest absolute Gasteiger partial charge is 0.490 e. The summed E-state index contributed by atoms with van der Waals surface area (Å²) in [6.07, 6.45) is 1.67. The molecule has 29 heavy (non-hydrogen) atoms. The molecule has 2 saturated heterocycles. The highest BCUT2D eigenvalue weighted by atomic mass is 19.1. The van der Waals surface area contributed by atoms with E-state index in [-0.39, 0.29) is 31.0 Å². The normalized spacial score (nSPS) is 24.3. The molecule has 1 atom stereocenters. The van der Waals surface area contributed by atoms with Crippen molar-refractivity contribution in [3.8, 4) is 5.75 Å². The summed E-state index contributed by atoms with van der Waals surface area (Å²) in [7, 11) is 0. The average Bonchev–Trinajstić information content (AvgIpc) is 2.86. The SMILES string of the molecule is CC(=O)N1CCC(N2CCN(C(C)=O)CC(O)(COc3cccc(F)c3)C2)CC1. The number of rotatable bonds is 4. The number of piperidine rings is 1. The second-order valence-corrected chi connectivity index (χ2v) is 8.12. The highest BCUT2D eigenvalue weighted by molar-refractivity contribution is 5.73. The predicted molar refractivity (Wildman–Crippen MR) is 106 cm³/mol. The van der Waals surface area contributed by atoms with E-state index in [2.05, 4.69) is 4.90 Å². The van der Waals surface area contributed by atoms with E-state index >= 15 is 0 Å². The Balaban J connectivity index is 1.69. The molecular weight excluding hydrogens is 377 g/mol. The van der Waals surface area contributed by atoms with Crippen LogP contribution in [0.15, 0.2) is 24.3 Å². The summed E-state index contributed by atoms with van der Waals surface area (Å²) in [6, 6.07) is 6.04. The number of aliphatic hydroxyl groups is 1. The van der Waals surface area contributed by atoms with Crippen molar-refractivity contribution >= 4 is 11.8 Å². The lowest BCUT2D eigenvalue weighted by Gasteiger charge is -2.40. The van der Waals surface area contributed by atoms with E-state index in [0.717, 1.165) is 12.8 Å². The number of nitrogens with zero attached hydrogens (tertiary/aromatic N) is 3. The van der Waals surface area contributed by atoms with Crippen LogP contribution in [-0.4, -0.2) is 89.1 Å². The van der Waals surface area contributed by atoms with Gasteiger partial charge < -0.3 is 19.6 Å². The first-order valence-corrected chi connectivity index (χ1v) is 10.1. The van der Waals surface area contributed by atoms with Crippen molar-refractivity contribution in [2.75, 3.05) is 45.9 Å². The van der Waals surface area contributed by atoms with Gasteiger partial charge >= 0.3 is 0 Å². The number of likely N-dealkylation sites (tertiary alicyclic amines) is 1. The highest BCUT2D eigenvalue weighted by Crippen LogP contribution is 2.24. The zero-order valence-corrected chi connectivity index (χ0v) is 17.1. The molecular formula is C21H30FN3O4. The number of hydrogen-bond acceptors (Lipinski definition) is 5. The molecule has 0 aromatic heterocycles. The number of halogens is 1. The summed E-state index contributed by atoms with van der Waals surface area (Å²) in [5.74, 6) is -0.0672.